The largest absolute Gasteiger partial charge is 0.328 e. The van der Waals surface area contributed by atoms with Gasteiger partial charge in [0.15, 0.2) is 0 Å². The number of aryl methyl sites for hydroxylation is 1. The van der Waals surface area contributed by atoms with Crippen molar-refractivity contribution < 1.29 is 0 Å². The first-order valence-electron chi connectivity index (χ1n) is 6.56. The Morgan fingerprint density at radius 3 is 1.69 bits per heavy atom. The van der Waals surface area contributed by atoms with Gasteiger partial charge in [-0.15, -0.1) is 0 Å². The first-order valence-corrected chi connectivity index (χ1v) is 6.56. The van der Waals surface area contributed by atoms with Crippen LogP contribution >= 0.6 is 0 Å². The summed E-state index contributed by atoms with van der Waals surface area (Å²) in [4.78, 5) is 0. The van der Waals surface area contributed by atoms with Crippen LogP contribution in [0.1, 0.15) is 51.5 Å². The number of benzene rings is 1. The van der Waals surface area contributed by atoms with Gasteiger partial charge in [0, 0.05) is 6.04 Å². The summed E-state index contributed by atoms with van der Waals surface area (Å²) < 4.78 is 0. The molecule has 0 radical (unpaired) electrons. The molecule has 0 amide bonds. The van der Waals surface area contributed by atoms with Crippen LogP contribution in [0.15, 0.2) is 30.3 Å². The molecule has 16 heavy (non-hydrogen) atoms. The van der Waals surface area contributed by atoms with Crippen LogP contribution < -0.4 is 5.73 Å². The summed E-state index contributed by atoms with van der Waals surface area (Å²) >= 11 is 0. The predicted octanol–water partition coefficient (Wildman–Crippen LogP) is 4.30. The topological polar surface area (TPSA) is 26.0 Å². The van der Waals surface area contributed by atoms with Gasteiger partial charge in [-0.3, -0.25) is 0 Å². The lowest BCUT2D eigenvalue weighted by Crippen LogP contribution is -2.22. The molecular weight excluding hydrogens is 194 g/mol. The molecule has 1 nitrogen and oxygen atoms in total. The van der Waals surface area contributed by atoms with E-state index >= 15 is 0 Å². The number of hydrogen-bond donors (Lipinski definition) is 1. The van der Waals surface area contributed by atoms with Crippen molar-refractivity contribution in [1.29, 1.82) is 0 Å². The minimum Gasteiger partial charge on any atom is -0.328 e. The van der Waals surface area contributed by atoms with Gasteiger partial charge in [0.2, 0.25) is 0 Å². The van der Waals surface area contributed by atoms with Gasteiger partial charge >= 0.3 is 0 Å². The van der Waals surface area contributed by atoms with E-state index in [-0.39, 0.29) is 0 Å². The van der Waals surface area contributed by atoms with Gasteiger partial charge in [-0.2, -0.15) is 0 Å². The summed E-state index contributed by atoms with van der Waals surface area (Å²) in [5.41, 5.74) is 6.96. The molecule has 0 aliphatic heterocycles. The monoisotopic (exact) mass is 221 g/mol. The molecular formula is C15H27N. The van der Waals surface area contributed by atoms with Crippen LogP contribution in [0.3, 0.4) is 0 Å². The average Bonchev–Trinajstić information content (AvgIpc) is 2.34. The Balaban J connectivity index is 0.000000244. The second kappa shape index (κ2) is 10.7. The van der Waals surface area contributed by atoms with E-state index in [0.717, 1.165) is 0 Å². The molecule has 0 heterocycles. The van der Waals surface area contributed by atoms with Crippen molar-refractivity contribution in [2.24, 2.45) is 5.73 Å². The third-order valence-electron chi connectivity index (χ3n) is 2.59. The highest BCUT2D eigenvalue weighted by molar-refractivity contribution is 5.11. The number of nitrogens with two attached hydrogens (primary N) is 1. The van der Waals surface area contributed by atoms with Crippen molar-refractivity contribution >= 4 is 0 Å². The maximum absolute atomic E-state index is 5.63. The normalized spacial score (nSPS) is 15.2. The molecule has 1 heteroatoms. The number of hydrogen-bond acceptors (Lipinski definition) is 1. The maximum atomic E-state index is 5.63. The molecule has 0 bridgehead atoms. The summed E-state index contributed by atoms with van der Waals surface area (Å²) in [5.74, 6) is 0. The molecule has 1 aliphatic carbocycles. The van der Waals surface area contributed by atoms with Gasteiger partial charge in [0.05, 0.1) is 0 Å². The van der Waals surface area contributed by atoms with E-state index in [1.165, 1.54) is 37.7 Å². The molecule has 2 N–H and O–H groups in total. The Hall–Kier alpha value is -0.820. The molecule has 92 valence electrons. The molecule has 1 saturated carbocycles. The molecule has 0 spiro atoms. The van der Waals surface area contributed by atoms with Gasteiger partial charge < -0.3 is 5.73 Å². The fourth-order valence-electron chi connectivity index (χ4n) is 1.67. The van der Waals surface area contributed by atoms with E-state index < -0.39 is 0 Å². The number of rotatable bonds is 0. The summed E-state index contributed by atoms with van der Waals surface area (Å²) in [6.07, 6.45) is 6.66. The Morgan fingerprint density at radius 1 is 0.938 bits per heavy atom. The molecule has 1 aromatic rings. The maximum Gasteiger partial charge on any atom is 0.00388 e. The molecule has 1 aromatic carbocycles. The van der Waals surface area contributed by atoms with Crippen molar-refractivity contribution in [2.45, 2.75) is 58.9 Å². The minimum atomic E-state index is 0.536. The quantitative estimate of drug-likeness (QED) is 0.694. The molecule has 1 aliphatic rings. The predicted molar refractivity (Wildman–Crippen MR) is 73.6 cm³/mol. The third kappa shape index (κ3) is 8.49. The Kier molecular flexibility index (Phi) is 10.1. The van der Waals surface area contributed by atoms with Crippen molar-refractivity contribution in [3.8, 4) is 0 Å². The van der Waals surface area contributed by atoms with E-state index in [4.69, 9.17) is 5.73 Å². The van der Waals surface area contributed by atoms with Crippen LogP contribution in [0.2, 0.25) is 0 Å². The third-order valence-corrected chi connectivity index (χ3v) is 2.59. The summed E-state index contributed by atoms with van der Waals surface area (Å²) in [6.45, 7) is 6.08. The average molecular weight is 221 g/mol. The summed E-state index contributed by atoms with van der Waals surface area (Å²) in [5, 5.41) is 0. The van der Waals surface area contributed by atoms with E-state index in [1.54, 1.807) is 0 Å². The van der Waals surface area contributed by atoms with E-state index in [2.05, 4.69) is 19.1 Å². The highest BCUT2D eigenvalue weighted by atomic mass is 14.6. The molecule has 0 saturated heterocycles. The van der Waals surface area contributed by atoms with Gasteiger partial charge in [-0.05, 0) is 19.8 Å². The van der Waals surface area contributed by atoms with Crippen molar-refractivity contribution in [1.82, 2.24) is 0 Å². The zero-order chi connectivity index (χ0) is 12.2. The first kappa shape index (κ1) is 15.2. The Labute approximate surface area is 101 Å². The minimum absolute atomic E-state index is 0.536. The smallest absolute Gasteiger partial charge is 0.00388 e. The SMILES string of the molecule is CC.Cc1ccccc1.NC1CCCCC1. The van der Waals surface area contributed by atoms with E-state index in [9.17, 15) is 0 Å². The molecule has 0 atom stereocenters. The van der Waals surface area contributed by atoms with Crippen LogP contribution in [-0.2, 0) is 0 Å². The highest BCUT2D eigenvalue weighted by Gasteiger charge is 2.06. The lowest BCUT2D eigenvalue weighted by molar-refractivity contribution is 0.441. The molecule has 0 unspecified atom stereocenters. The fourth-order valence-corrected chi connectivity index (χ4v) is 1.67. The van der Waals surface area contributed by atoms with Gasteiger partial charge in [-0.25, -0.2) is 0 Å². The van der Waals surface area contributed by atoms with E-state index in [0.29, 0.717) is 6.04 Å². The fraction of sp³-hybridized carbons (Fsp3) is 0.600. The molecule has 1 fully saturated rings. The molecule has 2 rings (SSSR count). The summed E-state index contributed by atoms with van der Waals surface area (Å²) in [7, 11) is 0. The van der Waals surface area contributed by atoms with Crippen molar-refractivity contribution in [3.05, 3.63) is 35.9 Å². The Bertz CT molecular complexity index is 224. The van der Waals surface area contributed by atoms with Crippen LogP contribution in [-0.4, -0.2) is 6.04 Å². The van der Waals surface area contributed by atoms with Gasteiger partial charge in [0.1, 0.15) is 0 Å². The lowest BCUT2D eigenvalue weighted by Gasteiger charge is -2.15. The highest BCUT2D eigenvalue weighted by Crippen LogP contribution is 2.14. The van der Waals surface area contributed by atoms with Crippen molar-refractivity contribution in [3.63, 3.8) is 0 Å². The van der Waals surface area contributed by atoms with Gasteiger partial charge in [0.25, 0.3) is 0 Å². The van der Waals surface area contributed by atoms with Crippen LogP contribution in [0.25, 0.3) is 0 Å². The molecule has 0 aromatic heterocycles. The second-order valence-corrected chi connectivity index (χ2v) is 4.05. The standard InChI is InChI=1S/C7H8.C6H13N.C2H6/c1-7-5-3-2-4-6-7;7-6-4-2-1-3-5-6;1-2/h2-6H,1H3;6H,1-5,7H2;1-2H3. The van der Waals surface area contributed by atoms with Crippen molar-refractivity contribution in [2.75, 3.05) is 0 Å². The van der Waals surface area contributed by atoms with E-state index in [1.807, 2.05) is 32.0 Å². The second-order valence-electron chi connectivity index (χ2n) is 4.05. The zero-order valence-electron chi connectivity index (χ0n) is 11.1. The zero-order valence-corrected chi connectivity index (χ0v) is 11.1. The van der Waals surface area contributed by atoms with Gasteiger partial charge in [-0.1, -0.05) is 69.0 Å². The van der Waals surface area contributed by atoms with Crippen LogP contribution in [0.5, 0.6) is 0 Å². The van der Waals surface area contributed by atoms with Crippen LogP contribution in [0, 0.1) is 6.92 Å². The Morgan fingerprint density at radius 2 is 1.44 bits per heavy atom. The summed E-state index contributed by atoms with van der Waals surface area (Å²) in [6, 6.07) is 10.8. The first-order chi connectivity index (χ1) is 7.79. The lowest BCUT2D eigenvalue weighted by atomic mass is 9.97. The van der Waals surface area contributed by atoms with Crippen LogP contribution in [0.4, 0.5) is 0 Å².